The Morgan fingerprint density at radius 2 is 2.29 bits per heavy atom. The van der Waals surface area contributed by atoms with Crippen molar-refractivity contribution in [2.75, 3.05) is 13.1 Å². The second-order valence-electron chi connectivity index (χ2n) is 4.79. The van der Waals surface area contributed by atoms with E-state index in [0.29, 0.717) is 5.92 Å². The number of nitrogens with one attached hydrogen (secondary N) is 2. The van der Waals surface area contributed by atoms with Gasteiger partial charge in [0.25, 0.3) is 5.56 Å². The van der Waals surface area contributed by atoms with Gasteiger partial charge in [-0.1, -0.05) is 6.92 Å². The second kappa shape index (κ2) is 5.96. The minimum atomic E-state index is -0.0152. The van der Waals surface area contributed by atoms with Crippen molar-refractivity contribution in [1.82, 2.24) is 15.3 Å². The van der Waals surface area contributed by atoms with Gasteiger partial charge in [-0.3, -0.25) is 4.79 Å². The number of hydrogen-bond donors (Lipinski definition) is 2. The number of nitrogens with zero attached hydrogens (tertiary/aromatic N) is 1. The van der Waals surface area contributed by atoms with E-state index in [1.54, 1.807) is 6.07 Å². The molecular formula is C13H21N3O. The summed E-state index contributed by atoms with van der Waals surface area (Å²) in [7, 11) is 0. The molecule has 0 aromatic carbocycles. The highest BCUT2D eigenvalue weighted by atomic mass is 16.1. The van der Waals surface area contributed by atoms with E-state index in [9.17, 15) is 4.79 Å². The normalized spacial score (nSPS) is 21.1. The van der Waals surface area contributed by atoms with Crippen LogP contribution in [0.1, 0.15) is 37.7 Å². The third kappa shape index (κ3) is 3.66. The third-order valence-electron chi connectivity index (χ3n) is 3.38. The first-order valence-corrected chi connectivity index (χ1v) is 6.57. The van der Waals surface area contributed by atoms with E-state index in [1.807, 2.05) is 6.92 Å². The molecule has 0 amide bonds. The Bertz CT molecular complexity index is 405. The van der Waals surface area contributed by atoms with Crippen molar-refractivity contribution in [2.45, 2.75) is 39.0 Å². The van der Waals surface area contributed by atoms with Crippen LogP contribution in [0.5, 0.6) is 0 Å². The number of hydrogen-bond acceptors (Lipinski definition) is 3. The van der Waals surface area contributed by atoms with Crippen LogP contribution in [0, 0.1) is 5.92 Å². The number of aromatic amines is 1. The highest BCUT2D eigenvalue weighted by molar-refractivity contribution is 5.03. The lowest BCUT2D eigenvalue weighted by Gasteiger charge is -2.12. The van der Waals surface area contributed by atoms with E-state index in [2.05, 4.69) is 15.3 Å². The fourth-order valence-corrected chi connectivity index (χ4v) is 2.41. The molecule has 1 atom stereocenters. The zero-order valence-corrected chi connectivity index (χ0v) is 10.5. The predicted octanol–water partition coefficient (Wildman–Crippen LogP) is 1.26. The monoisotopic (exact) mass is 235 g/mol. The molecule has 4 heteroatoms. The van der Waals surface area contributed by atoms with Gasteiger partial charge in [-0.05, 0) is 44.7 Å². The highest BCUT2D eigenvalue weighted by Crippen LogP contribution is 2.17. The minimum absolute atomic E-state index is 0.0152. The van der Waals surface area contributed by atoms with Crippen LogP contribution in [0.15, 0.2) is 10.9 Å². The van der Waals surface area contributed by atoms with E-state index < -0.39 is 0 Å². The molecule has 0 aliphatic carbocycles. The molecule has 0 bridgehead atoms. The lowest BCUT2D eigenvalue weighted by molar-refractivity contribution is 0.458. The maximum absolute atomic E-state index is 11.5. The summed E-state index contributed by atoms with van der Waals surface area (Å²) < 4.78 is 0. The number of H-pyrrole nitrogens is 1. The van der Waals surface area contributed by atoms with Gasteiger partial charge in [0.15, 0.2) is 0 Å². The molecule has 0 radical (unpaired) electrons. The molecule has 1 aliphatic rings. The molecule has 94 valence electrons. The molecule has 2 heterocycles. The Morgan fingerprint density at radius 1 is 1.41 bits per heavy atom. The van der Waals surface area contributed by atoms with Crippen molar-refractivity contribution in [3.63, 3.8) is 0 Å². The lowest BCUT2D eigenvalue weighted by Crippen LogP contribution is -2.17. The largest absolute Gasteiger partial charge is 0.317 e. The molecule has 1 unspecified atom stereocenters. The van der Waals surface area contributed by atoms with Crippen LogP contribution in [0.25, 0.3) is 0 Å². The van der Waals surface area contributed by atoms with Gasteiger partial charge in [0, 0.05) is 18.2 Å². The number of aromatic nitrogens is 2. The van der Waals surface area contributed by atoms with Gasteiger partial charge >= 0.3 is 0 Å². The Labute approximate surface area is 102 Å². The van der Waals surface area contributed by atoms with E-state index in [0.717, 1.165) is 37.4 Å². The molecule has 1 fully saturated rings. The van der Waals surface area contributed by atoms with Gasteiger partial charge < -0.3 is 10.3 Å². The summed E-state index contributed by atoms with van der Waals surface area (Å²) in [5, 5.41) is 3.40. The van der Waals surface area contributed by atoms with E-state index in [4.69, 9.17) is 0 Å². The zero-order valence-electron chi connectivity index (χ0n) is 10.5. The Kier molecular flexibility index (Phi) is 4.31. The molecule has 1 aromatic heterocycles. The fourth-order valence-electron chi connectivity index (χ4n) is 2.41. The Morgan fingerprint density at radius 3 is 3.12 bits per heavy atom. The molecule has 2 N–H and O–H groups in total. The van der Waals surface area contributed by atoms with Gasteiger partial charge in [0.2, 0.25) is 0 Å². The van der Waals surface area contributed by atoms with Crippen LogP contribution < -0.4 is 10.9 Å². The molecule has 2 rings (SSSR count). The molecule has 4 nitrogen and oxygen atoms in total. The molecule has 0 saturated carbocycles. The van der Waals surface area contributed by atoms with E-state index in [1.165, 1.54) is 19.3 Å². The summed E-state index contributed by atoms with van der Waals surface area (Å²) in [5.41, 5.74) is 0.883. The van der Waals surface area contributed by atoms with Crippen molar-refractivity contribution >= 4 is 0 Å². The predicted molar refractivity (Wildman–Crippen MR) is 68.2 cm³/mol. The summed E-state index contributed by atoms with van der Waals surface area (Å²) in [5.74, 6) is 1.52. The highest BCUT2D eigenvalue weighted by Gasteiger charge is 2.14. The van der Waals surface area contributed by atoms with E-state index in [-0.39, 0.29) is 5.56 Å². The van der Waals surface area contributed by atoms with Crippen LogP contribution in [0.4, 0.5) is 0 Å². The van der Waals surface area contributed by atoms with Crippen molar-refractivity contribution < 1.29 is 0 Å². The quantitative estimate of drug-likeness (QED) is 0.829. The summed E-state index contributed by atoms with van der Waals surface area (Å²) in [4.78, 5) is 18.8. The molecular weight excluding hydrogens is 214 g/mol. The fraction of sp³-hybridized carbons (Fsp3) is 0.692. The average Bonchev–Trinajstić information content (AvgIpc) is 2.57. The molecule has 0 spiro atoms. The van der Waals surface area contributed by atoms with Crippen molar-refractivity contribution in [2.24, 2.45) is 5.92 Å². The SMILES string of the molecule is CCc1cc(=O)[nH]c(CC2CCCNCC2)n1. The first kappa shape index (κ1) is 12.3. The van der Waals surface area contributed by atoms with Gasteiger partial charge in [0.1, 0.15) is 5.82 Å². The van der Waals surface area contributed by atoms with Crippen molar-refractivity contribution in [3.8, 4) is 0 Å². The number of rotatable bonds is 3. The van der Waals surface area contributed by atoms with Crippen molar-refractivity contribution in [1.29, 1.82) is 0 Å². The Balaban J connectivity index is 2.06. The maximum Gasteiger partial charge on any atom is 0.251 e. The summed E-state index contributed by atoms with van der Waals surface area (Å²) in [6.07, 6.45) is 5.36. The van der Waals surface area contributed by atoms with Gasteiger partial charge in [0.05, 0.1) is 0 Å². The smallest absolute Gasteiger partial charge is 0.251 e. The molecule has 1 aliphatic heterocycles. The number of aryl methyl sites for hydroxylation is 1. The van der Waals surface area contributed by atoms with Crippen LogP contribution in [-0.4, -0.2) is 23.1 Å². The first-order valence-electron chi connectivity index (χ1n) is 6.57. The van der Waals surface area contributed by atoms with Crippen molar-refractivity contribution in [3.05, 3.63) is 27.9 Å². The topological polar surface area (TPSA) is 57.8 Å². The van der Waals surface area contributed by atoms with Gasteiger partial charge in [-0.25, -0.2) is 4.98 Å². The Hall–Kier alpha value is -1.16. The standard InChI is InChI=1S/C13H21N3O/c1-2-11-9-13(17)16-12(15-11)8-10-4-3-6-14-7-5-10/h9-10,14H,2-8H2,1H3,(H,15,16,17). The first-order chi connectivity index (χ1) is 8.28. The molecule has 17 heavy (non-hydrogen) atoms. The summed E-state index contributed by atoms with van der Waals surface area (Å²) in [6, 6.07) is 1.60. The van der Waals surface area contributed by atoms with Gasteiger partial charge in [-0.15, -0.1) is 0 Å². The summed E-state index contributed by atoms with van der Waals surface area (Å²) >= 11 is 0. The van der Waals surface area contributed by atoms with Crippen LogP contribution in [-0.2, 0) is 12.8 Å². The maximum atomic E-state index is 11.5. The second-order valence-corrected chi connectivity index (χ2v) is 4.79. The van der Waals surface area contributed by atoms with Crippen LogP contribution in [0.2, 0.25) is 0 Å². The summed E-state index contributed by atoms with van der Waals surface area (Å²) in [6.45, 7) is 4.24. The third-order valence-corrected chi connectivity index (χ3v) is 3.38. The zero-order chi connectivity index (χ0) is 12.1. The lowest BCUT2D eigenvalue weighted by atomic mass is 9.96. The van der Waals surface area contributed by atoms with E-state index >= 15 is 0 Å². The van der Waals surface area contributed by atoms with Gasteiger partial charge in [-0.2, -0.15) is 0 Å². The molecule has 1 aromatic rings. The average molecular weight is 235 g/mol. The molecule has 1 saturated heterocycles. The van der Waals surface area contributed by atoms with Crippen LogP contribution in [0.3, 0.4) is 0 Å². The minimum Gasteiger partial charge on any atom is -0.317 e. The van der Waals surface area contributed by atoms with Crippen LogP contribution >= 0.6 is 0 Å².